The predicted octanol–water partition coefficient (Wildman–Crippen LogP) is 2.56. The number of fused-ring (bicyclic) bond motifs is 1. The van der Waals surface area contributed by atoms with Crippen molar-refractivity contribution in [3.63, 3.8) is 0 Å². The molecule has 0 aliphatic carbocycles. The van der Waals surface area contributed by atoms with Crippen LogP contribution < -0.4 is 4.90 Å². The molecule has 0 saturated carbocycles. The molecule has 0 saturated heterocycles. The summed E-state index contributed by atoms with van der Waals surface area (Å²) in [5.74, 6) is 0.847. The van der Waals surface area contributed by atoms with E-state index in [1.807, 2.05) is 25.3 Å². The number of rotatable bonds is 3. The molecule has 0 atom stereocenters. The molecule has 21 heavy (non-hydrogen) atoms. The average Bonchev–Trinajstić information content (AvgIpc) is 2.85. The SMILES string of the molecule is Cc1ccc(Cn2cnc3c(N(C)C)ncnc32)c(C)c1. The Morgan fingerprint density at radius 3 is 2.62 bits per heavy atom. The normalized spacial score (nSPS) is 11.0. The van der Waals surface area contributed by atoms with Crippen LogP contribution in [0.25, 0.3) is 11.2 Å². The van der Waals surface area contributed by atoms with Gasteiger partial charge in [0.05, 0.1) is 12.9 Å². The van der Waals surface area contributed by atoms with Gasteiger partial charge in [-0.15, -0.1) is 0 Å². The lowest BCUT2D eigenvalue weighted by Crippen LogP contribution is -2.11. The molecule has 5 heteroatoms. The summed E-state index contributed by atoms with van der Waals surface area (Å²) in [5, 5.41) is 0. The Labute approximate surface area is 124 Å². The van der Waals surface area contributed by atoms with Gasteiger partial charge in [-0.3, -0.25) is 0 Å². The predicted molar refractivity (Wildman–Crippen MR) is 84.7 cm³/mol. The minimum absolute atomic E-state index is 0.770. The van der Waals surface area contributed by atoms with Crippen molar-refractivity contribution in [1.29, 1.82) is 0 Å². The lowest BCUT2D eigenvalue weighted by atomic mass is 10.1. The number of hydrogen-bond donors (Lipinski definition) is 0. The van der Waals surface area contributed by atoms with Crippen LogP contribution in [-0.4, -0.2) is 33.6 Å². The van der Waals surface area contributed by atoms with E-state index >= 15 is 0 Å². The first-order valence-corrected chi connectivity index (χ1v) is 6.95. The number of benzene rings is 1. The van der Waals surface area contributed by atoms with Gasteiger partial charge < -0.3 is 9.47 Å². The van der Waals surface area contributed by atoms with Crippen molar-refractivity contribution in [2.45, 2.75) is 20.4 Å². The van der Waals surface area contributed by atoms with Gasteiger partial charge >= 0.3 is 0 Å². The molecule has 2 aromatic heterocycles. The molecule has 108 valence electrons. The fourth-order valence-corrected chi connectivity index (χ4v) is 2.52. The summed E-state index contributed by atoms with van der Waals surface area (Å²) in [6.45, 7) is 5.02. The molecule has 0 aliphatic heterocycles. The highest BCUT2D eigenvalue weighted by molar-refractivity contribution is 5.83. The van der Waals surface area contributed by atoms with Gasteiger partial charge in [0.1, 0.15) is 6.33 Å². The highest BCUT2D eigenvalue weighted by Gasteiger charge is 2.12. The Morgan fingerprint density at radius 1 is 1.10 bits per heavy atom. The molecule has 0 N–H and O–H groups in total. The fourth-order valence-electron chi connectivity index (χ4n) is 2.52. The van der Waals surface area contributed by atoms with Gasteiger partial charge in [-0.2, -0.15) is 0 Å². The number of imidazole rings is 1. The zero-order chi connectivity index (χ0) is 15.0. The third-order valence-electron chi connectivity index (χ3n) is 3.64. The molecule has 0 fully saturated rings. The molecule has 0 bridgehead atoms. The Bertz CT molecular complexity index is 788. The first kappa shape index (κ1) is 13.5. The second-order valence-electron chi connectivity index (χ2n) is 5.57. The summed E-state index contributed by atoms with van der Waals surface area (Å²) in [7, 11) is 3.93. The number of aromatic nitrogens is 4. The van der Waals surface area contributed by atoms with Crippen LogP contribution in [0, 0.1) is 13.8 Å². The highest BCUT2D eigenvalue weighted by atomic mass is 15.2. The van der Waals surface area contributed by atoms with E-state index in [2.05, 4.69) is 51.6 Å². The Morgan fingerprint density at radius 2 is 1.90 bits per heavy atom. The van der Waals surface area contributed by atoms with Crippen LogP contribution in [0.2, 0.25) is 0 Å². The number of nitrogens with zero attached hydrogens (tertiary/aromatic N) is 5. The van der Waals surface area contributed by atoms with Gasteiger partial charge in [0.25, 0.3) is 0 Å². The van der Waals surface area contributed by atoms with Gasteiger partial charge in [-0.25, -0.2) is 15.0 Å². The van der Waals surface area contributed by atoms with Crippen LogP contribution in [0.4, 0.5) is 5.82 Å². The molecule has 0 spiro atoms. The summed E-state index contributed by atoms with van der Waals surface area (Å²) < 4.78 is 2.07. The second-order valence-corrected chi connectivity index (χ2v) is 5.57. The van der Waals surface area contributed by atoms with Crippen molar-refractivity contribution in [3.05, 3.63) is 47.5 Å². The van der Waals surface area contributed by atoms with Crippen LogP contribution in [0.3, 0.4) is 0 Å². The smallest absolute Gasteiger partial charge is 0.165 e. The van der Waals surface area contributed by atoms with Crippen LogP contribution in [0.1, 0.15) is 16.7 Å². The van der Waals surface area contributed by atoms with E-state index in [-0.39, 0.29) is 0 Å². The molecule has 1 aromatic carbocycles. The van der Waals surface area contributed by atoms with Gasteiger partial charge in [-0.05, 0) is 25.0 Å². The molecular weight excluding hydrogens is 262 g/mol. The van der Waals surface area contributed by atoms with E-state index in [9.17, 15) is 0 Å². The van der Waals surface area contributed by atoms with Crippen LogP contribution >= 0.6 is 0 Å². The molecule has 0 amide bonds. The van der Waals surface area contributed by atoms with E-state index in [0.717, 1.165) is 23.5 Å². The zero-order valence-electron chi connectivity index (χ0n) is 12.8. The lowest BCUT2D eigenvalue weighted by Gasteiger charge is -2.11. The summed E-state index contributed by atoms with van der Waals surface area (Å²) in [5.41, 5.74) is 5.56. The van der Waals surface area contributed by atoms with E-state index in [1.54, 1.807) is 6.33 Å². The number of anilines is 1. The maximum absolute atomic E-state index is 4.48. The molecular formula is C16H19N5. The minimum atomic E-state index is 0.770. The third kappa shape index (κ3) is 2.46. The van der Waals surface area contributed by atoms with Crippen LogP contribution in [0.15, 0.2) is 30.9 Å². The largest absolute Gasteiger partial charge is 0.361 e. The maximum Gasteiger partial charge on any atom is 0.165 e. The molecule has 5 nitrogen and oxygen atoms in total. The van der Waals surface area contributed by atoms with Crippen LogP contribution in [-0.2, 0) is 6.54 Å². The molecule has 0 radical (unpaired) electrons. The summed E-state index contributed by atoms with van der Waals surface area (Å²) in [6, 6.07) is 6.51. The van der Waals surface area contributed by atoms with Crippen molar-refractivity contribution in [2.75, 3.05) is 19.0 Å². The zero-order valence-corrected chi connectivity index (χ0v) is 12.8. The third-order valence-corrected chi connectivity index (χ3v) is 3.64. The highest BCUT2D eigenvalue weighted by Crippen LogP contribution is 2.21. The number of hydrogen-bond acceptors (Lipinski definition) is 4. The topological polar surface area (TPSA) is 46.8 Å². The van der Waals surface area contributed by atoms with Crippen molar-refractivity contribution in [3.8, 4) is 0 Å². The van der Waals surface area contributed by atoms with Crippen molar-refractivity contribution < 1.29 is 0 Å². The van der Waals surface area contributed by atoms with Gasteiger partial charge in [-0.1, -0.05) is 23.8 Å². The number of aryl methyl sites for hydroxylation is 2. The van der Waals surface area contributed by atoms with E-state index in [0.29, 0.717) is 0 Å². The standard InChI is InChI=1S/C16H19N5/c1-11-5-6-13(12(2)7-11)8-21-10-19-14-15(20(3)4)17-9-18-16(14)21/h5-7,9-10H,8H2,1-4H3. The Hall–Kier alpha value is -2.43. The first-order chi connectivity index (χ1) is 10.1. The summed E-state index contributed by atoms with van der Waals surface area (Å²) >= 11 is 0. The summed E-state index contributed by atoms with van der Waals surface area (Å²) in [6.07, 6.45) is 3.43. The monoisotopic (exact) mass is 281 g/mol. The van der Waals surface area contributed by atoms with Crippen molar-refractivity contribution in [2.24, 2.45) is 0 Å². The molecule has 3 rings (SSSR count). The van der Waals surface area contributed by atoms with Crippen molar-refractivity contribution in [1.82, 2.24) is 19.5 Å². The van der Waals surface area contributed by atoms with Gasteiger partial charge in [0, 0.05) is 14.1 Å². The van der Waals surface area contributed by atoms with Crippen LogP contribution in [0.5, 0.6) is 0 Å². The summed E-state index contributed by atoms with van der Waals surface area (Å²) in [4.78, 5) is 15.1. The van der Waals surface area contributed by atoms with Gasteiger partial charge in [0.2, 0.25) is 0 Å². The second kappa shape index (κ2) is 5.16. The van der Waals surface area contributed by atoms with E-state index < -0.39 is 0 Å². The molecule has 2 heterocycles. The quantitative estimate of drug-likeness (QED) is 0.740. The fraction of sp³-hybridized carbons (Fsp3) is 0.312. The average molecular weight is 281 g/mol. The Balaban J connectivity index is 2.04. The first-order valence-electron chi connectivity index (χ1n) is 6.95. The molecule has 0 unspecified atom stereocenters. The van der Waals surface area contributed by atoms with E-state index in [4.69, 9.17) is 0 Å². The maximum atomic E-state index is 4.48. The molecule has 0 aliphatic rings. The van der Waals surface area contributed by atoms with Gasteiger partial charge in [0.15, 0.2) is 17.0 Å². The minimum Gasteiger partial charge on any atom is -0.361 e. The lowest BCUT2D eigenvalue weighted by molar-refractivity contribution is 0.807. The Kier molecular flexibility index (Phi) is 3.33. The van der Waals surface area contributed by atoms with Crippen molar-refractivity contribution >= 4 is 17.0 Å². The molecule has 3 aromatic rings. The van der Waals surface area contributed by atoms with E-state index in [1.165, 1.54) is 16.7 Å².